The lowest BCUT2D eigenvalue weighted by molar-refractivity contribution is 0.0640. The van der Waals surface area contributed by atoms with E-state index < -0.39 is 0 Å². The van der Waals surface area contributed by atoms with Crippen LogP contribution < -0.4 is 0 Å². The van der Waals surface area contributed by atoms with Gasteiger partial charge in [-0.3, -0.25) is 9.69 Å². The molecule has 1 saturated heterocycles. The second kappa shape index (κ2) is 9.73. The van der Waals surface area contributed by atoms with Crippen LogP contribution in [0.2, 0.25) is 0 Å². The predicted octanol–water partition coefficient (Wildman–Crippen LogP) is 5.36. The van der Waals surface area contributed by atoms with E-state index in [1.54, 1.807) is 17.4 Å². The number of carbonyl (C=O) groups is 1. The molecule has 2 aromatic heterocycles. The van der Waals surface area contributed by atoms with Crippen molar-refractivity contribution in [3.05, 3.63) is 101 Å². The van der Waals surface area contributed by atoms with Crippen LogP contribution in [0.15, 0.2) is 78.2 Å². The summed E-state index contributed by atoms with van der Waals surface area (Å²) in [6, 6.07) is 20.9. The van der Waals surface area contributed by atoms with Crippen LogP contribution >= 0.6 is 11.3 Å². The maximum Gasteiger partial charge on any atom is 0.270 e. The number of benzene rings is 2. The van der Waals surface area contributed by atoms with Gasteiger partial charge in [0.25, 0.3) is 5.91 Å². The second-order valence-corrected chi connectivity index (χ2v) is 9.23. The molecule has 6 heteroatoms. The first-order chi connectivity index (χ1) is 16.2. The fourth-order valence-corrected chi connectivity index (χ4v) is 5.22. The van der Waals surface area contributed by atoms with Crippen LogP contribution in [0, 0.1) is 5.82 Å². The van der Waals surface area contributed by atoms with Gasteiger partial charge in [0, 0.05) is 44.7 Å². The van der Waals surface area contributed by atoms with Gasteiger partial charge in [-0.1, -0.05) is 54.6 Å². The quantitative estimate of drug-likeness (QED) is 0.388. The molecule has 0 saturated carbocycles. The topological polar surface area (TPSA) is 28.5 Å². The second-order valence-electron chi connectivity index (χ2n) is 8.33. The number of piperazine rings is 1. The number of nitrogens with zero attached hydrogens (tertiary/aromatic N) is 3. The molecule has 1 fully saturated rings. The molecule has 2 aromatic carbocycles. The smallest absolute Gasteiger partial charge is 0.270 e. The van der Waals surface area contributed by atoms with Gasteiger partial charge >= 0.3 is 0 Å². The molecule has 4 nitrogen and oxygen atoms in total. The van der Waals surface area contributed by atoms with E-state index in [-0.39, 0.29) is 11.7 Å². The van der Waals surface area contributed by atoms with Crippen molar-refractivity contribution >= 4 is 33.5 Å². The molecule has 0 bridgehead atoms. The Balaban J connectivity index is 1.26. The number of hydrogen-bond donors (Lipinski definition) is 0. The van der Waals surface area contributed by atoms with Crippen LogP contribution in [0.3, 0.4) is 0 Å². The number of halogens is 1. The molecule has 0 radical (unpaired) electrons. The molecular weight excluding hydrogens is 433 g/mol. The van der Waals surface area contributed by atoms with Gasteiger partial charge in [0.1, 0.15) is 16.3 Å². The third-order valence-corrected chi connectivity index (χ3v) is 7.04. The first-order valence-electron chi connectivity index (χ1n) is 11.2. The summed E-state index contributed by atoms with van der Waals surface area (Å²) < 4.78 is 15.8. The van der Waals surface area contributed by atoms with Gasteiger partial charge in [-0.2, -0.15) is 0 Å². The van der Waals surface area contributed by atoms with Crippen molar-refractivity contribution in [3.8, 4) is 0 Å². The Labute approximate surface area is 197 Å². The molecule has 168 valence electrons. The van der Waals surface area contributed by atoms with Crippen molar-refractivity contribution in [2.24, 2.45) is 0 Å². The van der Waals surface area contributed by atoms with E-state index >= 15 is 0 Å². The molecule has 1 aliphatic rings. The van der Waals surface area contributed by atoms with Crippen LogP contribution in [0.25, 0.3) is 16.3 Å². The maximum absolute atomic E-state index is 13.7. The number of rotatable bonds is 6. The lowest BCUT2D eigenvalue weighted by atomic mass is 10.2. The summed E-state index contributed by atoms with van der Waals surface area (Å²) in [5.41, 5.74) is 2.73. The Morgan fingerprint density at radius 2 is 1.79 bits per heavy atom. The highest BCUT2D eigenvalue weighted by Gasteiger charge is 2.25. The largest absolute Gasteiger partial charge is 0.335 e. The van der Waals surface area contributed by atoms with Gasteiger partial charge < -0.3 is 9.47 Å². The van der Waals surface area contributed by atoms with Crippen LogP contribution in [-0.2, 0) is 6.54 Å². The summed E-state index contributed by atoms with van der Waals surface area (Å²) in [6.07, 6.45) is 4.33. The highest BCUT2D eigenvalue weighted by molar-refractivity contribution is 7.16. The van der Waals surface area contributed by atoms with E-state index in [0.717, 1.165) is 35.4 Å². The molecular formula is C27H26FN3OS. The Morgan fingerprint density at radius 1 is 0.970 bits per heavy atom. The highest BCUT2D eigenvalue weighted by Crippen LogP contribution is 2.27. The van der Waals surface area contributed by atoms with Crippen molar-refractivity contribution in [2.45, 2.75) is 6.54 Å². The molecule has 0 unspecified atom stereocenters. The third kappa shape index (κ3) is 4.92. The molecule has 4 aromatic rings. The molecule has 33 heavy (non-hydrogen) atoms. The molecule has 1 aliphatic heterocycles. The highest BCUT2D eigenvalue weighted by atomic mass is 32.1. The van der Waals surface area contributed by atoms with E-state index in [0.29, 0.717) is 25.3 Å². The van der Waals surface area contributed by atoms with Gasteiger partial charge in [0.2, 0.25) is 0 Å². The zero-order valence-corrected chi connectivity index (χ0v) is 19.2. The molecule has 3 heterocycles. The number of thiophene rings is 1. The minimum Gasteiger partial charge on any atom is -0.335 e. The molecule has 0 aliphatic carbocycles. The monoisotopic (exact) mass is 459 g/mol. The summed E-state index contributed by atoms with van der Waals surface area (Å²) in [5.74, 6) is -0.207. The number of fused-ring (bicyclic) bond motifs is 1. The zero-order chi connectivity index (χ0) is 22.6. The van der Waals surface area contributed by atoms with E-state index in [1.807, 2.05) is 51.2 Å². The first kappa shape index (κ1) is 21.6. The molecule has 0 spiro atoms. The summed E-state index contributed by atoms with van der Waals surface area (Å²) >= 11 is 1.61. The summed E-state index contributed by atoms with van der Waals surface area (Å²) in [5, 5.41) is 3.09. The van der Waals surface area contributed by atoms with Gasteiger partial charge in [0.15, 0.2) is 0 Å². The van der Waals surface area contributed by atoms with Crippen molar-refractivity contribution in [1.29, 1.82) is 0 Å². The van der Waals surface area contributed by atoms with E-state index in [9.17, 15) is 9.18 Å². The van der Waals surface area contributed by atoms with Gasteiger partial charge in [-0.25, -0.2) is 4.39 Å². The van der Waals surface area contributed by atoms with E-state index in [1.165, 1.54) is 17.7 Å². The summed E-state index contributed by atoms with van der Waals surface area (Å²) in [6.45, 7) is 4.47. The molecule has 0 N–H and O–H groups in total. The number of aromatic nitrogens is 1. The molecule has 1 amide bonds. The summed E-state index contributed by atoms with van der Waals surface area (Å²) in [4.78, 5) is 18.8. The van der Waals surface area contributed by atoms with Crippen LogP contribution in [0.4, 0.5) is 4.39 Å². The number of amides is 1. The standard InChI is InChI=1S/C27H26FN3OS/c28-24-10-4-8-22(18-24)20-31-25(19-23-11-17-33-27(23)31)26(32)30-15-13-29(14-16-30)12-5-9-21-6-2-1-3-7-21/h1-11,17-19H,12-16,20H2. The predicted molar refractivity (Wildman–Crippen MR) is 133 cm³/mol. The Bertz CT molecular complexity index is 1270. The minimum atomic E-state index is -0.257. The molecule has 0 atom stereocenters. The van der Waals surface area contributed by atoms with Gasteiger partial charge in [-0.05, 0) is 40.8 Å². The first-order valence-corrected chi connectivity index (χ1v) is 12.1. The minimum absolute atomic E-state index is 0.0503. The number of hydrogen-bond acceptors (Lipinski definition) is 3. The lowest BCUT2D eigenvalue weighted by Gasteiger charge is -2.34. The fourth-order valence-electron chi connectivity index (χ4n) is 4.32. The van der Waals surface area contributed by atoms with Crippen molar-refractivity contribution < 1.29 is 9.18 Å². The van der Waals surface area contributed by atoms with E-state index in [4.69, 9.17) is 0 Å². The van der Waals surface area contributed by atoms with Crippen molar-refractivity contribution in [1.82, 2.24) is 14.4 Å². The lowest BCUT2D eigenvalue weighted by Crippen LogP contribution is -2.49. The Morgan fingerprint density at radius 3 is 2.58 bits per heavy atom. The normalized spacial score (nSPS) is 15.0. The van der Waals surface area contributed by atoms with Crippen molar-refractivity contribution in [3.63, 3.8) is 0 Å². The zero-order valence-electron chi connectivity index (χ0n) is 18.4. The Kier molecular flexibility index (Phi) is 6.37. The summed E-state index contributed by atoms with van der Waals surface area (Å²) in [7, 11) is 0. The van der Waals surface area contributed by atoms with Crippen LogP contribution in [0.1, 0.15) is 21.6 Å². The van der Waals surface area contributed by atoms with Crippen molar-refractivity contribution in [2.75, 3.05) is 32.7 Å². The Hall–Kier alpha value is -3.22. The van der Waals surface area contributed by atoms with Gasteiger partial charge in [-0.15, -0.1) is 11.3 Å². The SMILES string of the molecule is O=C(c1cc2ccsc2n1Cc1cccc(F)c1)N1CCN(CC=Cc2ccccc2)CC1. The average Bonchev–Trinajstić information content (AvgIpc) is 3.43. The third-order valence-electron chi connectivity index (χ3n) is 6.08. The fraction of sp³-hybridized carbons (Fsp3) is 0.222. The van der Waals surface area contributed by atoms with E-state index in [2.05, 4.69) is 29.2 Å². The van der Waals surface area contributed by atoms with Crippen LogP contribution in [0.5, 0.6) is 0 Å². The van der Waals surface area contributed by atoms with Gasteiger partial charge in [0.05, 0.1) is 0 Å². The van der Waals surface area contributed by atoms with Crippen LogP contribution in [-0.4, -0.2) is 53.0 Å². The average molecular weight is 460 g/mol. The number of carbonyl (C=O) groups excluding carboxylic acids is 1. The molecule has 5 rings (SSSR count). The maximum atomic E-state index is 13.7.